The van der Waals surface area contributed by atoms with Gasteiger partial charge < -0.3 is 5.32 Å². The molecule has 0 bridgehead atoms. The monoisotopic (exact) mass is 335 g/mol. The van der Waals surface area contributed by atoms with Crippen LogP contribution in [0.25, 0.3) is 0 Å². The van der Waals surface area contributed by atoms with Gasteiger partial charge in [0.1, 0.15) is 6.04 Å². The van der Waals surface area contributed by atoms with E-state index in [0.717, 1.165) is 16.8 Å². The highest BCUT2D eigenvalue weighted by Crippen LogP contribution is 2.23. The van der Waals surface area contributed by atoms with Crippen LogP contribution >= 0.6 is 11.6 Å². The molecular weight excluding hydrogens is 318 g/mol. The largest absolute Gasteiger partial charge is 0.372 e. The molecule has 3 aromatic carbocycles. The highest BCUT2D eigenvalue weighted by Gasteiger charge is 2.20. The van der Waals surface area contributed by atoms with Crippen LogP contribution in [0.5, 0.6) is 0 Å². The molecule has 0 aromatic heterocycles. The van der Waals surface area contributed by atoms with Gasteiger partial charge in [0.25, 0.3) is 0 Å². The molecule has 3 aromatic rings. The fourth-order valence-corrected chi connectivity index (χ4v) is 2.73. The van der Waals surface area contributed by atoms with Crippen LogP contribution in [-0.4, -0.2) is 5.78 Å². The van der Waals surface area contributed by atoms with Gasteiger partial charge in [0, 0.05) is 17.1 Å². The van der Waals surface area contributed by atoms with Gasteiger partial charge in [0.2, 0.25) is 0 Å². The molecule has 0 fully saturated rings. The topological polar surface area (TPSA) is 29.1 Å². The van der Waals surface area contributed by atoms with E-state index in [1.807, 2.05) is 84.9 Å². The van der Waals surface area contributed by atoms with Gasteiger partial charge in [-0.2, -0.15) is 0 Å². The van der Waals surface area contributed by atoms with Crippen molar-refractivity contribution in [3.8, 4) is 0 Å². The maximum atomic E-state index is 12.9. The van der Waals surface area contributed by atoms with Crippen LogP contribution in [0.4, 0.5) is 5.69 Å². The number of carbonyl (C=O) groups is 1. The van der Waals surface area contributed by atoms with E-state index in [1.165, 1.54) is 0 Å². The summed E-state index contributed by atoms with van der Waals surface area (Å²) in [7, 11) is 0. The van der Waals surface area contributed by atoms with Crippen LogP contribution in [0.2, 0.25) is 5.02 Å². The predicted molar refractivity (Wildman–Crippen MR) is 99.4 cm³/mol. The second kappa shape index (κ2) is 7.80. The standard InChI is InChI=1S/C21H18ClNO/c22-18-11-13-19(14-12-18)23-21(17-9-5-2-6-10-17)20(24)15-16-7-3-1-4-8-16/h1-14,21,23H,15H2. The number of anilines is 1. The molecule has 3 heteroatoms. The van der Waals surface area contributed by atoms with Crippen molar-refractivity contribution in [1.82, 2.24) is 0 Å². The summed E-state index contributed by atoms with van der Waals surface area (Å²) in [6, 6.07) is 26.6. The van der Waals surface area contributed by atoms with E-state index in [-0.39, 0.29) is 5.78 Å². The van der Waals surface area contributed by atoms with Gasteiger partial charge >= 0.3 is 0 Å². The van der Waals surface area contributed by atoms with Crippen molar-refractivity contribution in [3.05, 3.63) is 101 Å². The van der Waals surface area contributed by atoms with Crippen molar-refractivity contribution in [2.75, 3.05) is 5.32 Å². The highest BCUT2D eigenvalue weighted by molar-refractivity contribution is 6.30. The van der Waals surface area contributed by atoms with Crippen molar-refractivity contribution >= 4 is 23.1 Å². The number of Topliss-reactive ketones (excluding diaryl/α,β-unsaturated/α-hetero) is 1. The number of nitrogens with one attached hydrogen (secondary N) is 1. The van der Waals surface area contributed by atoms with Crippen LogP contribution in [0.3, 0.4) is 0 Å². The third-order valence-electron chi connectivity index (χ3n) is 3.83. The Hall–Kier alpha value is -2.58. The molecule has 0 saturated heterocycles. The summed E-state index contributed by atoms with van der Waals surface area (Å²) in [6.07, 6.45) is 0.390. The minimum atomic E-state index is -0.396. The van der Waals surface area contributed by atoms with Gasteiger partial charge in [-0.15, -0.1) is 0 Å². The van der Waals surface area contributed by atoms with Crippen molar-refractivity contribution in [3.63, 3.8) is 0 Å². The van der Waals surface area contributed by atoms with Gasteiger partial charge in [-0.25, -0.2) is 0 Å². The van der Waals surface area contributed by atoms with Gasteiger partial charge in [0.15, 0.2) is 5.78 Å². The van der Waals surface area contributed by atoms with Crippen LogP contribution in [0.15, 0.2) is 84.9 Å². The maximum Gasteiger partial charge on any atom is 0.163 e. The number of ketones is 1. The van der Waals surface area contributed by atoms with E-state index in [0.29, 0.717) is 11.4 Å². The summed E-state index contributed by atoms with van der Waals surface area (Å²) in [6.45, 7) is 0. The molecule has 0 aliphatic rings. The van der Waals surface area contributed by atoms with Crippen LogP contribution in [0, 0.1) is 0 Å². The first-order valence-electron chi connectivity index (χ1n) is 7.86. The molecule has 2 nitrogen and oxygen atoms in total. The first kappa shape index (κ1) is 16.3. The lowest BCUT2D eigenvalue weighted by molar-refractivity contribution is -0.119. The molecule has 1 N–H and O–H groups in total. The fraction of sp³-hybridized carbons (Fsp3) is 0.0952. The molecule has 120 valence electrons. The number of benzene rings is 3. The SMILES string of the molecule is O=C(Cc1ccccc1)C(Nc1ccc(Cl)cc1)c1ccccc1. The third kappa shape index (κ3) is 4.24. The lowest BCUT2D eigenvalue weighted by Gasteiger charge is -2.19. The minimum Gasteiger partial charge on any atom is -0.372 e. The van der Waals surface area contributed by atoms with Gasteiger partial charge in [-0.05, 0) is 35.4 Å². The second-order valence-corrected chi connectivity index (χ2v) is 6.06. The summed E-state index contributed by atoms with van der Waals surface area (Å²) >= 11 is 5.94. The van der Waals surface area contributed by atoms with Crippen molar-refractivity contribution in [1.29, 1.82) is 0 Å². The number of rotatable bonds is 6. The first-order chi connectivity index (χ1) is 11.7. The number of halogens is 1. The zero-order chi connectivity index (χ0) is 16.8. The smallest absolute Gasteiger partial charge is 0.163 e. The Labute approximate surface area is 147 Å². The van der Waals surface area contributed by atoms with Crippen molar-refractivity contribution in [2.24, 2.45) is 0 Å². The van der Waals surface area contributed by atoms with Crippen LogP contribution in [0.1, 0.15) is 17.2 Å². The quantitative estimate of drug-likeness (QED) is 0.661. The maximum absolute atomic E-state index is 12.9. The lowest BCUT2D eigenvalue weighted by Crippen LogP contribution is -2.22. The Bertz CT molecular complexity index is 785. The molecule has 0 spiro atoms. The summed E-state index contributed by atoms with van der Waals surface area (Å²) < 4.78 is 0. The molecule has 0 heterocycles. The molecule has 24 heavy (non-hydrogen) atoms. The van der Waals surface area contributed by atoms with E-state index in [1.54, 1.807) is 0 Å². The molecule has 0 saturated carbocycles. The first-order valence-corrected chi connectivity index (χ1v) is 8.24. The lowest BCUT2D eigenvalue weighted by atomic mass is 9.97. The molecular formula is C21H18ClNO. The predicted octanol–water partition coefficient (Wildman–Crippen LogP) is 5.31. The Balaban J connectivity index is 1.84. The zero-order valence-electron chi connectivity index (χ0n) is 13.2. The van der Waals surface area contributed by atoms with Crippen LogP contribution < -0.4 is 5.32 Å². The van der Waals surface area contributed by atoms with Gasteiger partial charge in [-0.1, -0.05) is 72.3 Å². The van der Waals surface area contributed by atoms with E-state index in [4.69, 9.17) is 11.6 Å². The van der Waals surface area contributed by atoms with Crippen molar-refractivity contribution < 1.29 is 4.79 Å². The van der Waals surface area contributed by atoms with E-state index in [2.05, 4.69) is 5.32 Å². The molecule has 3 rings (SSSR count). The van der Waals surface area contributed by atoms with Crippen LogP contribution in [-0.2, 0) is 11.2 Å². The summed E-state index contributed by atoms with van der Waals surface area (Å²) in [5, 5.41) is 4.01. The van der Waals surface area contributed by atoms with E-state index < -0.39 is 6.04 Å². The molecule has 0 amide bonds. The molecule has 1 unspecified atom stereocenters. The number of carbonyl (C=O) groups excluding carboxylic acids is 1. The summed E-state index contributed by atoms with van der Waals surface area (Å²) in [4.78, 5) is 12.9. The minimum absolute atomic E-state index is 0.127. The van der Waals surface area contributed by atoms with E-state index >= 15 is 0 Å². The van der Waals surface area contributed by atoms with E-state index in [9.17, 15) is 4.79 Å². The van der Waals surface area contributed by atoms with Gasteiger partial charge in [-0.3, -0.25) is 4.79 Å². The molecule has 0 aliphatic carbocycles. The summed E-state index contributed by atoms with van der Waals surface area (Å²) in [5.74, 6) is 0.127. The Kier molecular flexibility index (Phi) is 5.29. The number of hydrogen-bond donors (Lipinski definition) is 1. The third-order valence-corrected chi connectivity index (χ3v) is 4.08. The fourth-order valence-electron chi connectivity index (χ4n) is 2.61. The average Bonchev–Trinajstić information content (AvgIpc) is 2.63. The average molecular weight is 336 g/mol. The zero-order valence-corrected chi connectivity index (χ0v) is 13.9. The van der Waals surface area contributed by atoms with Gasteiger partial charge in [0.05, 0.1) is 0 Å². The highest BCUT2D eigenvalue weighted by atomic mass is 35.5. The number of hydrogen-bond acceptors (Lipinski definition) is 2. The van der Waals surface area contributed by atoms with Crippen molar-refractivity contribution in [2.45, 2.75) is 12.5 Å². The summed E-state index contributed by atoms with van der Waals surface area (Å²) in [5.41, 5.74) is 2.84. The second-order valence-electron chi connectivity index (χ2n) is 5.62. The Morgan fingerprint density at radius 1 is 0.833 bits per heavy atom. The Morgan fingerprint density at radius 3 is 2.04 bits per heavy atom. The normalized spacial score (nSPS) is 11.7. The molecule has 0 aliphatic heterocycles. The Morgan fingerprint density at radius 2 is 1.42 bits per heavy atom. The molecule has 0 radical (unpaired) electrons. The molecule has 1 atom stereocenters.